The number of carbonyl (C=O) groups excluding carboxylic acids is 1. The first-order valence-electron chi connectivity index (χ1n) is 5.87. The molecule has 0 saturated carbocycles. The Kier molecular flexibility index (Phi) is 4.04. The summed E-state index contributed by atoms with van der Waals surface area (Å²) < 4.78 is 7.64. The molecule has 0 unspecified atom stereocenters. The summed E-state index contributed by atoms with van der Waals surface area (Å²) in [5.74, 6) is 0.813. The summed E-state index contributed by atoms with van der Waals surface area (Å²) in [7, 11) is 3.40. The number of rotatable bonds is 4. The number of carbonyl (C=O) groups is 1. The lowest BCUT2D eigenvalue weighted by molar-refractivity contribution is 0.0984. The van der Waals surface area contributed by atoms with Crippen LogP contribution in [-0.2, 0) is 13.5 Å². The van der Waals surface area contributed by atoms with E-state index in [1.165, 1.54) is 0 Å². The number of halogens is 1. The predicted octanol–water partition coefficient (Wildman–Crippen LogP) is 2.93. The molecule has 0 N–H and O–H groups in total. The van der Waals surface area contributed by atoms with Crippen molar-refractivity contribution in [2.45, 2.75) is 13.3 Å². The highest BCUT2D eigenvalue weighted by molar-refractivity contribution is 9.10. The minimum Gasteiger partial charge on any atom is -0.496 e. The van der Waals surface area contributed by atoms with Crippen LogP contribution in [0.4, 0.5) is 0 Å². The van der Waals surface area contributed by atoms with Gasteiger partial charge in [0.25, 0.3) is 0 Å². The number of benzene rings is 1. The summed E-state index contributed by atoms with van der Waals surface area (Å²) >= 11 is 3.42. The summed E-state index contributed by atoms with van der Waals surface area (Å²) in [6, 6.07) is 7.45. The van der Waals surface area contributed by atoms with Crippen molar-refractivity contribution >= 4 is 21.7 Å². The molecule has 2 rings (SSSR count). The van der Waals surface area contributed by atoms with Crippen molar-refractivity contribution < 1.29 is 9.53 Å². The first-order chi connectivity index (χ1) is 9.01. The Morgan fingerprint density at radius 1 is 1.42 bits per heavy atom. The van der Waals surface area contributed by atoms with Gasteiger partial charge in [-0.2, -0.15) is 5.10 Å². The third-order valence-electron chi connectivity index (χ3n) is 2.87. The molecule has 1 aromatic heterocycles. The second kappa shape index (κ2) is 5.57. The second-order valence-corrected chi connectivity index (χ2v) is 5.22. The van der Waals surface area contributed by atoms with Gasteiger partial charge in [0.15, 0.2) is 5.78 Å². The third kappa shape index (κ3) is 3.04. The number of hydrogen-bond donors (Lipinski definition) is 0. The second-order valence-electron chi connectivity index (χ2n) is 4.36. The van der Waals surface area contributed by atoms with Crippen LogP contribution in [0.25, 0.3) is 0 Å². The molecule has 5 heteroatoms. The minimum atomic E-state index is 0.0557. The fraction of sp³-hybridized carbons (Fsp3) is 0.286. The van der Waals surface area contributed by atoms with Crippen LogP contribution in [0.5, 0.6) is 5.75 Å². The third-order valence-corrected chi connectivity index (χ3v) is 3.49. The molecule has 0 saturated heterocycles. The molecule has 0 fully saturated rings. The van der Waals surface area contributed by atoms with Crippen LogP contribution in [0.15, 0.2) is 28.7 Å². The van der Waals surface area contributed by atoms with E-state index in [-0.39, 0.29) is 5.78 Å². The Bertz CT molecular complexity index is 620. The number of ether oxygens (including phenoxy) is 1. The van der Waals surface area contributed by atoms with Crippen LogP contribution >= 0.6 is 15.9 Å². The standard InChI is InChI=1S/C14H15BrN2O2/c1-9-6-12(17(2)16-9)13(18)8-10-4-5-14(19-3)11(15)7-10/h4-7H,8H2,1-3H3. The van der Waals surface area contributed by atoms with Crippen molar-refractivity contribution in [2.75, 3.05) is 7.11 Å². The molecule has 0 amide bonds. The maximum atomic E-state index is 12.2. The lowest BCUT2D eigenvalue weighted by Gasteiger charge is -2.06. The molecule has 0 atom stereocenters. The number of ketones is 1. The quantitative estimate of drug-likeness (QED) is 0.813. The highest BCUT2D eigenvalue weighted by Gasteiger charge is 2.13. The molecule has 100 valence electrons. The Morgan fingerprint density at radius 3 is 2.68 bits per heavy atom. The summed E-state index contributed by atoms with van der Waals surface area (Å²) in [6.07, 6.45) is 0.349. The maximum Gasteiger partial charge on any atom is 0.185 e. The molecule has 19 heavy (non-hydrogen) atoms. The van der Waals surface area contributed by atoms with Gasteiger partial charge in [-0.05, 0) is 46.6 Å². The summed E-state index contributed by atoms with van der Waals surface area (Å²) in [6.45, 7) is 1.88. The number of nitrogens with zero attached hydrogens (tertiary/aromatic N) is 2. The predicted molar refractivity (Wildman–Crippen MR) is 76.7 cm³/mol. The topological polar surface area (TPSA) is 44.1 Å². The maximum absolute atomic E-state index is 12.2. The van der Waals surface area contributed by atoms with Gasteiger partial charge in [-0.25, -0.2) is 0 Å². The average Bonchev–Trinajstić information content (AvgIpc) is 2.69. The monoisotopic (exact) mass is 322 g/mol. The highest BCUT2D eigenvalue weighted by Crippen LogP contribution is 2.26. The summed E-state index contributed by atoms with van der Waals surface area (Å²) in [5, 5.41) is 4.19. The van der Waals surface area contributed by atoms with Gasteiger partial charge in [-0.15, -0.1) is 0 Å². The Labute approximate surface area is 120 Å². The zero-order valence-corrected chi connectivity index (χ0v) is 12.7. The molecule has 2 aromatic rings. The van der Waals surface area contributed by atoms with E-state index < -0.39 is 0 Å². The molecule has 0 aliphatic carbocycles. The Morgan fingerprint density at radius 2 is 2.16 bits per heavy atom. The van der Waals surface area contributed by atoms with Crippen molar-refractivity contribution in [2.24, 2.45) is 7.05 Å². The van der Waals surface area contributed by atoms with Gasteiger partial charge in [0.2, 0.25) is 0 Å². The van der Waals surface area contributed by atoms with E-state index in [9.17, 15) is 4.79 Å². The molecule has 0 bridgehead atoms. The van der Waals surface area contributed by atoms with Crippen molar-refractivity contribution in [3.8, 4) is 5.75 Å². The smallest absolute Gasteiger partial charge is 0.185 e. The number of hydrogen-bond acceptors (Lipinski definition) is 3. The fourth-order valence-electron chi connectivity index (χ4n) is 1.97. The van der Waals surface area contributed by atoms with Gasteiger partial charge in [-0.3, -0.25) is 9.48 Å². The van der Waals surface area contributed by atoms with Crippen LogP contribution in [0.3, 0.4) is 0 Å². The van der Waals surface area contributed by atoms with Crippen molar-refractivity contribution in [3.63, 3.8) is 0 Å². The van der Waals surface area contributed by atoms with E-state index in [0.717, 1.165) is 21.5 Å². The summed E-state index contributed by atoms with van der Waals surface area (Å²) in [4.78, 5) is 12.2. The lowest BCUT2D eigenvalue weighted by Crippen LogP contribution is -2.09. The van der Waals surface area contributed by atoms with Crippen molar-refractivity contribution in [3.05, 3.63) is 45.7 Å². The van der Waals surface area contributed by atoms with Gasteiger partial charge in [0.05, 0.1) is 17.3 Å². The van der Waals surface area contributed by atoms with Crippen LogP contribution < -0.4 is 4.74 Å². The summed E-state index contributed by atoms with van der Waals surface area (Å²) in [5.41, 5.74) is 2.42. The van der Waals surface area contributed by atoms with E-state index in [1.54, 1.807) is 24.9 Å². The van der Waals surface area contributed by atoms with Gasteiger partial charge >= 0.3 is 0 Å². The highest BCUT2D eigenvalue weighted by atomic mass is 79.9. The molecule has 0 spiro atoms. The normalized spacial score (nSPS) is 10.5. The van der Waals surface area contributed by atoms with Crippen LogP contribution in [-0.4, -0.2) is 22.7 Å². The first-order valence-corrected chi connectivity index (χ1v) is 6.67. The van der Waals surface area contributed by atoms with E-state index in [2.05, 4.69) is 21.0 Å². The molecule has 0 aliphatic heterocycles. The largest absolute Gasteiger partial charge is 0.496 e. The van der Waals surface area contributed by atoms with Gasteiger partial charge in [0, 0.05) is 13.5 Å². The Hall–Kier alpha value is -1.62. The molecule has 4 nitrogen and oxygen atoms in total. The van der Waals surface area contributed by atoms with Crippen molar-refractivity contribution in [1.82, 2.24) is 9.78 Å². The number of aromatic nitrogens is 2. The van der Waals surface area contributed by atoms with Gasteiger partial charge in [0.1, 0.15) is 11.4 Å². The number of aryl methyl sites for hydroxylation is 2. The van der Waals surface area contributed by atoms with E-state index in [4.69, 9.17) is 4.74 Å². The average molecular weight is 323 g/mol. The van der Waals surface area contributed by atoms with Gasteiger partial charge < -0.3 is 4.74 Å². The minimum absolute atomic E-state index is 0.0557. The molecule has 0 aliphatic rings. The lowest BCUT2D eigenvalue weighted by atomic mass is 10.1. The first kappa shape index (κ1) is 13.8. The van der Waals surface area contributed by atoms with E-state index in [1.807, 2.05) is 25.1 Å². The molecular weight excluding hydrogens is 308 g/mol. The van der Waals surface area contributed by atoms with Crippen LogP contribution in [0.1, 0.15) is 21.7 Å². The Balaban J connectivity index is 2.19. The molecular formula is C14H15BrN2O2. The van der Waals surface area contributed by atoms with E-state index in [0.29, 0.717) is 12.1 Å². The SMILES string of the molecule is COc1ccc(CC(=O)c2cc(C)nn2C)cc1Br. The molecule has 0 radical (unpaired) electrons. The fourth-order valence-corrected chi connectivity index (χ4v) is 2.56. The number of methoxy groups -OCH3 is 1. The van der Waals surface area contributed by atoms with Crippen molar-refractivity contribution in [1.29, 1.82) is 0 Å². The molecule has 1 aromatic carbocycles. The zero-order chi connectivity index (χ0) is 14.0. The molecule has 1 heterocycles. The number of Topliss-reactive ketones (excluding diaryl/α,β-unsaturated/α-hetero) is 1. The van der Waals surface area contributed by atoms with Gasteiger partial charge in [-0.1, -0.05) is 6.07 Å². The zero-order valence-electron chi connectivity index (χ0n) is 11.1. The van der Waals surface area contributed by atoms with Crippen LogP contribution in [0.2, 0.25) is 0 Å². The van der Waals surface area contributed by atoms with Crippen LogP contribution in [0, 0.1) is 6.92 Å². The van der Waals surface area contributed by atoms with E-state index >= 15 is 0 Å².